The Hall–Kier alpha value is -3.22. The molecule has 2 aromatic carbocycles. The highest BCUT2D eigenvalue weighted by Gasteiger charge is 2.33. The van der Waals surface area contributed by atoms with E-state index in [1.807, 2.05) is 0 Å². The number of hydrogen-bond acceptors (Lipinski definition) is 3. The Labute approximate surface area is 159 Å². The predicted octanol–water partition coefficient (Wildman–Crippen LogP) is 4.45. The third-order valence-electron chi connectivity index (χ3n) is 4.85. The van der Waals surface area contributed by atoms with Crippen LogP contribution in [0.2, 0.25) is 0 Å². The van der Waals surface area contributed by atoms with Gasteiger partial charge in [-0.1, -0.05) is 19.9 Å². The van der Waals surface area contributed by atoms with Crippen molar-refractivity contribution >= 4 is 22.8 Å². The van der Waals surface area contributed by atoms with E-state index in [1.165, 1.54) is 35.8 Å². The van der Waals surface area contributed by atoms with Crippen molar-refractivity contribution in [3.05, 3.63) is 64.9 Å². The van der Waals surface area contributed by atoms with Gasteiger partial charge in [-0.25, -0.2) is 8.78 Å². The monoisotopic (exact) mass is 387 g/mol. The van der Waals surface area contributed by atoms with E-state index in [0.29, 0.717) is 0 Å². The first-order chi connectivity index (χ1) is 13.1. The Bertz CT molecular complexity index is 1100. The zero-order valence-electron chi connectivity index (χ0n) is 15.5. The van der Waals surface area contributed by atoms with Gasteiger partial charge in [0.1, 0.15) is 5.82 Å². The van der Waals surface area contributed by atoms with Gasteiger partial charge in [-0.2, -0.15) is 0 Å². The number of benzene rings is 2. The molecular formula is C21H19F2NO4. The van der Waals surface area contributed by atoms with Gasteiger partial charge >= 0.3 is 5.97 Å². The Morgan fingerprint density at radius 2 is 1.79 bits per heavy atom. The summed E-state index contributed by atoms with van der Waals surface area (Å²) in [4.78, 5) is 25.0. The van der Waals surface area contributed by atoms with Crippen molar-refractivity contribution in [1.29, 1.82) is 0 Å². The molecule has 1 unspecified atom stereocenters. The number of aliphatic carboxylic acids is 1. The number of aromatic nitrogens is 1. The maximum atomic E-state index is 14.8. The Kier molecular flexibility index (Phi) is 4.93. The lowest BCUT2D eigenvalue weighted by molar-refractivity contribution is -0.139. The van der Waals surface area contributed by atoms with Crippen molar-refractivity contribution in [2.24, 2.45) is 5.92 Å². The second-order valence-corrected chi connectivity index (χ2v) is 7.00. The van der Waals surface area contributed by atoms with Crippen LogP contribution in [-0.4, -0.2) is 26.7 Å². The maximum Gasteiger partial charge on any atom is 0.311 e. The Balaban J connectivity index is 2.40. The van der Waals surface area contributed by atoms with Crippen molar-refractivity contribution in [2.45, 2.75) is 26.7 Å². The van der Waals surface area contributed by atoms with Crippen molar-refractivity contribution in [2.75, 3.05) is 0 Å². The Morgan fingerprint density at radius 1 is 1.11 bits per heavy atom. The first kappa shape index (κ1) is 19.5. The zero-order chi connectivity index (χ0) is 20.7. The summed E-state index contributed by atoms with van der Waals surface area (Å²) in [6.07, 6.45) is 0. The summed E-state index contributed by atoms with van der Waals surface area (Å²) in [7, 11) is 0. The zero-order valence-corrected chi connectivity index (χ0v) is 15.5. The summed E-state index contributed by atoms with van der Waals surface area (Å²) >= 11 is 0. The number of nitrogens with zero attached hydrogens (tertiary/aromatic N) is 1. The van der Waals surface area contributed by atoms with Crippen LogP contribution in [0.1, 0.15) is 41.4 Å². The predicted molar refractivity (Wildman–Crippen MR) is 99.6 cm³/mol. The van der Waals surface area contributed by atoms with Crippen LogP contribution in [0.15, 0.2) is 36.4 Å². The van der Waals surface area contributed by atoms with Crippen LogP contribution in [0.3, 0.4) is 0 Å². The van der Waals surface area contributed by atoms with Gasteiger partial charge in [0.05, 0.1) is 11.4 Å². The molecule has 7 heteroatoms. The average molecular weight is 387 g/mol. The largest absolute Gasteiger partial charge is 0.505 e. The van der Waals surface area contributed by atoms with Gasteiger partial charge in [-0.3, -0.25) is 14.2 Å². The number of carbonyl (C=O) groups excluding carboxylic acids is 1. The fraction of sp³-hybridized carbons (Fsp3) is 0.238. The first-order valence-corrected chi connectivity index (χ1v) is 8.70. The lowest BCUT2D eigenvalue weighted by Gasteiger charge is -2.17. The molecule has 28 heavy (non-hydrogen) atoms. The van der Waals surface area contributed by atoms with Crippen molar-refractivity contribution < 1.29 is 28.6 Å². The van der Waals surface area contributed by atoms with Crippen molar-refractivity contribution in [3.8, 4) is 5.75 Å². The standard InChI is InChI=1S/C21H19F2NO4/c1-10(2)16(21(27)28)17-11(3)24(14-7-8-15(25)19(23)18(14)17)20(26)12-5-4-6-13(22)9-12/h4-10,16,25H,1-3H3,(H,27,28). The molecule has 0 saturated heterocycles. The molecular weight excluding hydrogens is 368 g/mol. The van der Waals surface area contributed by atoms with Crippen LogP contribution in [0.4, 0.5) is 8.78 Å². The fourth-order valence-electron chi connectivity index (χ4n) is 3.61. The van der Waals surface area contributed by atoms with Gasteiger partial charge in [0, 0.05) is 16.6 Å². The molecule has 0 aliphatic heterocycles. The fourth-order valence-corrected chi connectivity index (χ4v) is 3.61. The van der Waals surface area contributed by atoms with E-state index in [4.69, 9.17) is 0 Å². The number of rotatable bonds is 4. The van der Waals surface area contributed by atoms with Crippen LogP contribution < -0.4 is 0 Å². The molecule has 0 amide bonds. The number of aromatic hydroxyl groups is 1. The van der Waals surface area contributed by atoms with E-state index in [1.54, 1.807) is 13.8 Å². The molecule has 1 aromatic heterocycles. The number of phenols is 1. The molecule has 0 aliphatic carbocycles. The van der Waals surface area contributed by atoms with Gasteiger partial charge in [0.25, 0.3) is 5.91 Å². The quantitative estimate of drug-likeness (QED) is 0.693. The molecule has 2 N–H and O–H groups in total. The number of carboxylic acids is 1. The van der Waals surface area contributed by atoms with E-state index >= 15 is 0 Å². The molecule has 0 fully saturated rings. The van der Waals surface area contributed by atoms with Gasteiger partial charge in [0.2, 0.25) is 0 Å². The van der Waals surface area contributed by atoms with Crippen LogP contribution in [0.25, 0.3) is 10.9 Å². The summed E-state index contributed by atoms with van der Waals surface area (Å²) in [6.45, 7) is 4.87. The van der Waals surface area contributed by atoms with Gasteiger partial charge in [-0.15, -0.1) is 0 Å². The number of hydrogen-bond donors (Lipinski definition) is 2. The number of fused-ring (bicyclic) bond motifs is 1. The molecule has 1 heterocycles. The minimum atomic E-state index is -1.17. The first-order valence-electron chi connectivity index (χ1n) is 8.70. The smallest absolute Gasteiger partial charge is 0.311 e. The highest BCUT2D eigenvalue weighted by Crippen LogP contribution is 2.39. The van der Waals surface area contributed by atoms with Crippen LogP contribution >= 0.6 is 0 Å². The maximum absolute atomic E-state index is 14.8. The van der Waals surface area contributed by atoms with Crippen LogP contribution in [-0.2, 0) is 4.79 Å². The molecule has 0 saturated carbocycles. The summed E-state index contributed by atoms with van der Waals surface area (Å²) in [5, 5.41) is 19.4. The SMILES string of the molecule is Cc1c(C(C(=O)O)C(C)C)c2c(F)c(O)ccc2n1C(=O)c1cccc(F)c1. The second kappa shape index (κ2) is 7.07. The van der Waals surface area contributed by atoms with Gasteiger partial charge < -0.3 is 10.2 Å². The van der Waals surface area contributed by atoms with Crippen molar-refractivity contribution in [3.63, 3.8) is 0 Å². The van der Waals surface area contributed by atoms with Crippen molar-refractivity contribution in [1.82, 2.24) is 4.57 Å². The molecule has 146 valence electrons. The Morgan fingerprint density at radius 3 is 2.36 bits per heavy atom. The third kappa shape index (κ3) is 3.02. The average Bonchev–Trinajstić information content (AvgIpc) is 2.90. The van der Waals surface area contributed by atoms with E-state index in [2.05, 4.69) is 0 Å². The molecule has 3 aromatic rings. The highest BCUT2D eigenvalue weighted by atomic mass is 19.1. The van der Waals surface area contributed by atoms with E-state index in [9.17, 15) is 28.6 Å². The normalized spacial score (nSPS) is 12.5. The number of carbonyl (C=O) groups is 2. The lowest BCUT2D eigenvalue weighted by atomic mass is 9.86. The highest BCUT2D eigenvalue weighted by molar-refractivity contribution is 6.05. The van der Waals surface area contributed by atoms with E-state index in [-0.39, 0.29) is 27.7 Å². The summed E-state index contributed by atoms with van der Waals surface area (Å²) < 4.78 is 29.6. The minimum absolute atomic E-state index is 0.0384. The third-order valence-corrected chi connectivity index (χ3v) is 4.85. The topological polar surface area (TPSA) is 79.5 Å². The molecule has 0 radical (unpaired) electrons. The number of carboxylic acid groups (broad SMARTS) is 1. The molecule has 1 atom stereocenters. The van der Waals surface area contributed by atoms with Crippen LogP contribution in [0, 0.1) is 24.5 Å². The second-order valence-electron chi connectivity index (χ2n) is 7.00. The molecule has 3 rings (SSSR count). The molecule has 0 aliphatic rings. The lowest BCUT2D eigenvalue weighted by Crippen LogP contribution is -2.20. The van der Waals surface area contributed by atoms with Gasteiger partial charge in [-0.05, 0) is 48.7 Å². The van der Waals surface area contributed by atoms with E-state index < -0.39 is 41.1 Å². The summed E-state index contributed by atoms with van der Waals surface area (Å²) in [6, 6.07) is 7.50. The van der Waals surface area contributed by atoms with E-state index in [0.717, 1.165) is 12.1 Å². The van der Waals surface area contributed by atoms with Crippen LogP contribution in [0.5, 0.6) is 5.75 Å². The molecule has 0 spiro atoms. The number of halogens is 2. The minimum Gasteiger partial charge on any atom is -0.505 e. The summed E-state index contributed by atoms with van der Waals surface area (Å²) in [5.41, 5.74) is 0.505. The molecule has 0 bridgehead atoms. The van der Waals surface area contributed by atoms with Gasteiger partial charge in [0.15, 0.2) is 11.6 Å². The number of phenolic OH excluding ortho intramolecular Hbond substituents is 1. The summed E-state index contributed by atoms with van der Waals surface area (Å²) in [5.74, 6) is -5.52. The molecule has 5 nitrogen and oxygen atoms in total.